The molecule has 1 aromatic carbocycles. The smallest absolute Gasteiger partial charge is 0.243 e. The first-order chi connectivity index (χ1) is 10.8. The van der Waals surface area contributed by atoms with Crippen LogP contribution in [0.4, 0.5) is 0 Å². The zero-order valence-corrected chi connectivity index (χ0v) is 11.8. The molecule has 0 saturated heterocycles. The maximum atomic E-state index is 11.9. The van der Waals surface area contributed by atoms with Crippen LogP contribution in [0.3, 0.4) is 0 Å². The van der Waals surface area contributed by atoms with E-state index in [0.717, 1.165) is 11.1 Å². The molecule has 110 valence electrons. The third-order valence-corrected chi connectivity index (χ3v) is 2.99. The van der Waals surface area contributed by atoms with E-state index in [0.29, 0.717) is 12.4 Å². The van der Waals surface area contributed by atoms with Gasteiger partial charge in [0.25, 0.3) is 0 Å². The van der Waals surface area contributed by atoms with E-state index in [2.05, 4.69) is 25.7 Å². The van der Waals surface area contributed by atoms with E-state index >= 15 is 0 Å². The lowest BCUT2D eigenvalue weighted by molar-refractivity contribution is -0.122. The Labute approximate surface area is 127 Å². The van der Waals surface area contributed by atoms with E-state index in [1.165, 1.54) is 4.80 Å². The van der Waals surface area contributed by atoms with Crippen molar-refractivity contribution in [3.05, 3.63) is 60.4 Å². The number of tetrazole rings is 1. The van der Waals surface area contributed by atoms with Gasteiger partial charge in [0.2, 0.25) is 11.7 Å². The molecule has 1 N–H and O–H groups in total. The Bertz CT molecular complexity index is 741. The number of carbonyl (C=O) groups is 1. The second-order valence-corrected chi connectivity index (χ2v) is 4.65. The molecule has 0 saturated carbocycles. The Morgan fingerprint density at radius 3 is 2.77 bits per heavy atom. The molecule has 0 atom stereocenters. The first kappa shape index (κ1) is 13.9. The van der Waals surface area contributed by atoms with Gasteiger partial charge in [0.05, 0.1) is 0 Å². The van der Waals surface area contributed by atoms with Gasteiger partial charge in [-0.25, -0.2) is 0 Å². The molecule has 3 rings (SSSR count). The lowest BCUT2D eigenvalue weighted by Crippen LogP contribution is -2.28. The number of aromatic nitrogens is 5. The second-order valence-electron chi connectivity index (χ2n) is 4.65. The lowest BCUT2D eigenvalue weighted by Gasteiger charge is -2.04. The van der Waals surface area contributed by atoms with E-state index in [4.69, 9.17) is 0 Å². The van der Waals surface area contributed by atoms with Crippen LogP contribution in [0, 0.1) is 0 Å². The molecule has 0 aliphatic carbocycles. The quantitative estimate of drug-likeness (QED) is 0.760. The Kier molecular flexibility index (Phi) is 4.15. The van der Waals surface area contributed by atoms with Crippen LogP contribution < -0.4 is 5.32 Å². The van der Waals surface area contributed by atoms with Crippen LogP contribution in [0.15, 0.2) is 54.9 Å². The second kappa shape index (κ2) is 6.57. The van der Waals surface area contributed by atoms with Gasteiger partial charge in [-0.15, -0.1) is 10.2 Å². The molecule has 0 fully saturated rings. The van der Waals surface area contributed by atoms with Crippen molar-refractivity contribution in [1.82, 2.24) is 30.5 Å². The molecule has 7 heteroatoms. The number of hydrogen-bond donors (Lipinski definition) is 1. The summed E-state index contributed by atoms with van der Waals surface area (Å²) in [6, 6.07) is 13.3. The molecule has 0 spiro atoms. The molecule has 7 nitrogen and oxygen atoms in total. The zero-order chi connectivity index (χ0) is 15.2. The Morgan fingerprint density at radius 1 is 1.14 bits per heavy atom. The predicted molar refractivity (Wildman–Crippen MR) is 79.3 cm³/mol. The fourth-order valence-electron chi connectivity index (χ4n) is 1.90. The van der Waals surface area contributed by atoms with Crippen molar-refractivity contribution >= 4 is 5.91 Å². The molecule has 0 bridgehead atoms. The normalized spacial score (nSPS) is 10.4. The summed E-state index contributed by atoms with van der Waals surface area (Å²) in [6.45, 7) is 0.504. The van der Waals surface area contributed by atoms with E-state index < -0.39 is 0 Å². The zero-order valence-electron chi connectivity index (χ0n) is 11.8. The van der Waals surface area contributed by atoms with E-state index in [1.807, 2.05) is 36.4 Å². The molecule has 0 radical (unpaired) electrons. The highest BCUT2D eigenvalue weighted by molar-refractivity contribution is 5.75. The molecular weight excluding hydrogens is 280 g/mol. The molecular formula is C15H14N6O. The minimum Gasteiger partial charge on any atom is -0.350 e. The molecule has 0 aliphatic rings. The number of carbonyl (C=O) groups excluding carboxylic acids is 1. The highest BCUT2D eigenvalue weighted by Crippen LogP contribution is 2.10. The van der Waals surface area contributed by atoms with E-state index in [9.17, 15) is 4.79 Å². The summed E-state index contributed by atoms with van der Waals surface area (Å²) >= 11 is 0. The monoisotopic (exact) mass is 294 g/mol. The standard InChI is InChI=1S/C15H14N6O/c22-14(17-9-12-5-2-1-3-6-12)11-21-19-15(18-20-21)13-7-4-8-16-10-13/h1-8,10H,9,11H2,(H,17,22). The fourth-order valence-corrected chi connectivity index (χ4v) is 1.90. The summed E-state index contributed by atoms with van der Waals surface area (Å²) in [5.41, 5.74) is 1.80. The average Bonchev–Trinajstić information content (AvgIpc) is 3.03. The maximum absolute atomic E-state index is 11.9. The van der Waals surface area contributed by atoms with Gasteiger partial charge in [-0.3, -0.25) is 9.78 Å². The summed E-state index contributed by atoms with van der Waals surface area (Å²) < 4.78 is 0. The van der Waals surface area contributed by atoms with Crippen molar-refractivity contribution in [2.45, 2.75) is 13.1 Å². The summed E-state index contributed by atoms with van der Waals surface area (Å²) in [5.74, 6) is 0.281. The largest absolute Gasteiger partial charge is 0.350 e. The van der Waals surface area contributed by atoms with Crippen molar-refractivity contribution in [2.75, 3.05) is 0 Å². The lowest BCUT2D eigenvalue weighted by atomic mass is 10.2. The average molecular weight is 294 g/mol. The van der Waals surface area contributed by atoms with Crippen molar-refractivity contribution in [1.29, 1.82) is 0 Å². The molecule has 2 heterocycles. The van der Waals surface area contributed by atoms with Crippen LogP contribution in [-0.2, 0) is 17.9 Å². The first-order valence-electron chi connectivity index (χ1n) is 6.80. The van der Waals surface area contributed by atoms with Crippen molar-refractivity contribution in [2.24, 2.45) is 0 Å². The summed E-state index contributed by atoms with van der Waals surface area (Å²) in [4.78, 5) is 17.1. The van der Waals surface area contributed by atoms with Gasteiger partial charge in [0.1, 0.15) is 6.54 Å². The summed E-state index contributed by atoms with van der Waals surface area (Å²) in [5, 5.41) is 14.8. The SMILES string of the molecule is O=C(Cn1nnc(-c2cccnc2)n1)NCc1ccccc1. The number of pyridine rings is 1. The van der Waals surface area contributed by atoms with Crippen LogP contribution in [0.2, 0.25) is 0 Å². The third kappa shape index (κ3) is 3.51. The Morgan fingerprint density at radius 2 is 2.00 bits per heavy atom. The van der Waals surface area contributed by atoms with Gasteiger partial charge >= 0.3 is 0 Å². The third-order valence-electron chi connectivity index (χ3n) is 2.99. The van der Waals surface area contributed by atoms with Gasteiger partial charge in [-0.2, -0.15) is 4.80 Å². The Balaban J connectivity index is 1.57. The fraction of sp³-hybridized carbons (Fsp3) is 0.133. The minimum atomic E-state index is -0.168. The van der Waals surface area contributed by atoms with Crippen LogP contribution >= 0.6 is 0 Å². The van der Waals surface area contributed by atoms with Crippen LogP contribution in [0.1, 0.15) is 5.56 Å². The highest BCUT2D eigenvalue weighted by Gasteiger charge is 2.09. The molecule has 0 aliphatic heterocycles. The van der Waals surface area contributed by atoms with Crippen LogP contribution in [0.5, 0.6) is 0 Å². The van der Waals surface area contributed by atoms with Crippen molar-refractivity contribution in [3.8, 4) is 11.4 Å². The summed E-state index contributed by atoms with van der Waals surface area (Å²) in [6.07, 6.45) is 3.32. The van der Waals surface area contributed by atoms with Crippen molar-refractivity contribution in [3.63, 3.8) is 0 Å². The van der Waals surface area contributed by atoms with Gasteiger partial charge in [-0.05, 0) is 22.9 Å². The maximum Gasteiger partial charge on any atom is 0.243 e. The van der Waals surface area contributed by atoms with Gasteiger partial charge in [-0.1, -0.05) is 30.3 Å². The highest BCUT2D eigenvalue weighted by atomic mass is 16.2. The number of amides is 1. The molecule has 0 unspecified atom stereocenters. The van der Waals surface area contributed by atoms with Gasteiger partial charge in [0, 0.05) is 24.5 Å². The van der Waals surface area contributed by atoms with Gasteiger partial charge in [0.15, 0.2) is 0 Å². The topological polar surface area (TPSA) is 85.6 Å². The Hall–Kier alpha value is -3.09. The number of nitrogens with one attached hydrogen (secondary N) is 1. The van der Waals surface area contributed by atoms with Crippen molar-refractivity contribution < 1.29 is 4.79 Å². The van der Waals surface area contributed by atoms with E-state index in [1.54, 1.807) is 18.5 Å². The molecule has 3 aromatic rings. The molecule has 2 aromatic heterocycles. The number of benzene rings is 1. The predicted octanol–water partition coefficient (Wildman–Crippen LogP) is 1.05. The van der Waals surface area contributed by atoms with E-state index in [-0.39, 0.29) is 12.5 Å². The molecule has 22 heavy (non-hydrogen) atoms. The molecule has 1 amide bonds. The van der Waals surface area contributed by atoms with Gasteiger partial charge < -0.3 is 5.32 Å². The van der Waals surface area contributed by atoms with Crippen LogP contribution in [-0.4, -0.2) is 31.1 Å². The summed E-state index contributed by atoms with van der Waals surface area (Å²) in [7, 11) is 0. The first-order valence-corrected chi connectivity index (χ1v) is 6.80. The number of rotatable bonds is 5. The minimum absolute atomic E-state index is 0.0279. The van der Waals surface area contributed by atoms with Crippen LogP contribution in [0.25, 0.3) is 11.4 Å². The number of hydrogen-bond acceptors (Lipinski definition) is 5. The number of nitrogens with zero attached hydrogens (tertiary/aromatic N) is 5.